The van der Waals surface area contributed by atoms with Gasteiger partial charge in [0, 0.05) is 25.9 Å². The number of carbonyl (C=O) groups excluding carboxylic acids is 1. The molecule has 0 N–H and O–H groups in total. The number of benzene rings is 1. The van der Waals surface area contributed by atoms with Crippen molar-refractivity contribution in [3.8, 4) is 0 Å². The number of ketones is 1. The third-order valence-corrected chi connectivity index (χ3v) is 3.55. The minimum atomic E-state index is -0.423. The first kappa shape index (κ1) is 15.7. The van der Waals surface area contributed by atoms with E-state index in [1.807, 2.05) is 32.0 Å². The summed E-state index contributed by atoms with van der Waals surface area (Å²) in [5, 5.41) is 0. The monoisotopic (exact) mass is 298 g/mol. The summed E-state index contributed by atoms with van der Waals surface area (Å²) in [5.41, 5.74) is 1.96. The molecule has 0 aliphatic heterocycles. The van der Waals surface area contributed by atoms with Crippen LogP contribution in [0.2, 0.25) is 0 Å². The second kappa shape index (κ2) is 5.97. The molecule has 0 aliphatic rings. The van der Waals surface area contributed by atoms with Gasteiger partial charge in [-0.15, -0.1) is 0 Å². The van der Waals surface area contributed by atoms with E-state index in [-0.39, 0.29) is 5.78 Å². The van der Waals surface area contributed by atoms with Crippen LogP contribution in [0.3, 0.4) is 0 Å². The van der Waals surface area contributed by atoms with Gasteiger partial charge in [0.2, 0.25) is 0 Å². The molecule has 2 rings (SSSR count). The first-order valence-electron chi connectivity index (χ1n) is 6.87. The fraction of sp³-hybridized carbons (Fsp3) is 0.235. The van der Waals surface area contributed by atoms with Crippen LogP contribution >= 0.6 is 0 Å². The molecule has 0 spiro atoms. The third kappa shape index (κ3) is 2.98. The van der Waals surface area contributed by atoms with Crippen molar-refractivity contribution < 1.29 is 4.79 Å². The van der Waals surface area contributed by atoms with Gasteiger partial charge in [-0.3, -0.25) is 14.2 Å². The first-order chi connectivity index (χ1) is 10.3. The Balaban J connectivity index is 2.41. The summed E-state index contributed by atoms with van der Waals surface area (Å²) in [5.74, 6) is -0.169. The van der Waals surface area contributed by atoms with E-state index in [1.54, 1.807) is 7.05 Å². The molecule has 0 unspecified atom stereocenters. The van der Waals surface area contributed by atoms with E-state index in [2.05, 4.69) is 0 Å². The van der Waals surface area contributed by atoms with Crippen LogP contribution in [0.1, 0.15) is 27.0 Å². The summed E-state index contributed by atoms with van der Waals surface area (Å²) in [7, 11) is 2.97. The maximum absolute atomic E-state index is 12.3. The lowest BCUT2D eigenvalue weighted by Crippen LogP contribution is -2.37. The SMILES string of the molecule is Cc1ccc(C)c(C(=O)/C=C/c2cn(C)c(=O)n(C)c2=O)c1. The molecular formula is C17H18N2O3. The molecule has 0 aliphatic carbocycles. The minimum Gasteiger partial charge on any atom is -0.303 e. The lowest BCUT2D eigenvalue weighted by molar-refractivity contribution is 0.104. The Kier molecular flexibility index (Phi) is 4.26. The third-order valence-electron chi connectivity index (χ3n) is 3.55. The van der Waals surface area contributed by atoms with E-state index in [4.69, 9.17) is 0 Å². The van der Waals surface area contributed by atoms with E-state index in [0.717, 1.165) is 15.7 Å². The summed E-state index contributed by atoms with van der Waals surface area (Å²) in [6.07, 6.45) is 4.24. The average molecular weight is 298 g/mol. The predicted octanol–water partition coefficient (Wildman–Crippen LogP) is 1.60. The van der Waals surface area contributed by atoms with Crippen molar-refractivity contribution >= 4 is 11.9 Å². The van der Waals surface area contributed by atoms with Crippen molar-refractivity contribution in [3.63, 3.8) is 0 Å². The van der Waals surface area contributed by atoms with Crippen LogP contribution in [0.5, 0.6) is 0 Å². The highest BCUT2D eigenvalue weighted by Gasteiger charge is 2.08. The molecule has 0 fully saturated rings. The fourth-order valence-electron chi connectivity index (χ4n) is 2.21. The maximum Gasteiger partial charge on any atom is 0.330 e. The van der Waals surface area contributed by atoms with Gasteiger partial charge in [-0.2, -0.15) is 0 Å². The Morgan fingerprint density at radius 3 is 2.50 bits per heavy atom. The Morgan fingerprint density at radius 1 is 1.14 bits per heavy atom. The number of rotatable bonds is 3. The zero-order valence-electron chi connectivity index (χ0n) is 13.1. The van der Waals surface area contributed by atoms with Gasteiger partial charge in [0.1, 0.15) is 0 Å². The van der Waals surface area contributed by atoms with Gasteiger partial charge in [-0.25, -0.2) is 4.79 Å². The number of aromatic nitrogens is 2. The maximum atomic E-state index is 12.3. The van der Waals surface area contributed by atoms with Gasteiger partial charge >= 0.3 is 5.69 Å². The first-order valence-corrected chi connectivity index (χ1v) is 6.87. The molecule has 0 saturated carbocycles. The molecular weight excluding hydrogens is 280 g/mol. The molecule has 1 aromatic heterocycles. The highest BCUT2D eigenvalue weighted by Crippen LogP contribution is 2.12. The molecule has 1 aromatic carbocycles. The zero-order chi connectivity index (χ0) is 16.4. The van der Waals surface area contributed by atoms with Gasteiger partial charge in [0.05, 0.1) is 5.56 Å². The van der Waals surface area contributed by atoms with Crippen LogP contribution in [-0.4, -0.2) is 14.9 Å². The molecule has 5 nitrogen and oxygen atoms in total. The van der Waals surface area contributed by atoms with Crippen LogP contribution in [0.15, 0.2) is 40.1 Å². The van der Waals surface area contributed by atoms with Gasteiger partial charge in [0.25, 0.3) is 5.56 Å². The predicted molar refractivity (Wildman–Crippen MR) is 86.2 cm³/mol. The Morgan fingerprint density at radius 2 is 1.82 bits per heavy atom. The highest BCUT2D eigenvalue weighted by molar-refractivity contribution is 6.07. The number of allylic oxidation sites excluding steroid dienone is 1. The Labute approximate surface area is 128 Å². The number of carbonyl (C=O) groups is 1. The van der Waals surface area contributed by atoms with Crippen molar-refractivity contribution in [3.05, 3.63) is 73.6 Å². The lowest BCUT2D eigenvalue weighted by atomic mass is 10.0. The van der Waals surface area contributed by atoms with E-state index in [1.165, 1.54) is 30.0 Å². The summed E-state index contributed by atoms with van der Waals surface area (Å²) in [6, 6.07) is 5.65. The van der Waals surface area contributed by atoms with Gasteiger partial charge in [-0.1, -0.05) is 17.7 Å². The smallest absolute Gasteiger partial charge is 0.303 e. The molecule has 1 heterocycles. The van der Waals surface area contributed by atoms with E-state index < -0.39 is 11.2 Å². The average Bonchev–Trinajstić information content (AvgIpc) is 2.49. The summed E-state index contributed by atoms with van der Waals surface area (Å²) in [6.45, 7) is 3.79. The number of hydrogen-bond acceptors (Lipinski definition) is 3. The molecule has 22 heavy (non-hydrogen) atoms. The van der Waals surface area contributed by atoms with E-state index >= 15 is 0 Å². The van der Waals surface area contributed by atoms with Gasteiger partial charge in [-0.05, 0) is 37.6 Å². The fourth-order valence-corrected chi connectivity index (χ4v) is 2.21. The molecule has 114 valence electrons. The van der Waals surface area contributed by atoms with Crippen LogP contribution in [0.4, 0.5) is 0 Å². The Bertz CT molecular complexity index is 886. The Hall–Kier alpha value is -2.69. The van der Waals surface area contributed by atoms with Gasteiger partial charge < -0.3 is 4.57 Å². The number of hydrogen-bond donors (Lipinski definition) is 0. The second-order valence-corrected chi connectivity index (χ2v) is 5.36. The second-order valence-electron chi connectivity index (χ2n) is 5.36. The standard InChI is InChI=1S/C17H18N2O3/c1-11-5-6-12(2)14(9-11)15(20)8-7-13-10-18(3)17(22)19(4)16(13)21/h5-10H,1-4H3/b8-7+. The van der Waals surface area contributed by atoms with Crippen molar-refractivity contribution in [1.82, 2.24) is 9.13 Å². The van der Waals surface area contributed by atoms with Crippen LogP contribution in [0.25, 0.3) is 6.08 Å². The number of aryl methyl sites for hydroxylation is 3. The van der Waals surface area contributed by atoms with Gasteiger partial charge in [0.15, 0.2) is 5.78 Å². The van der Waals surface area contributed by atoms with E-state index in [0.29, 0.717) is 11.1 Å². The van der Waals surface area contributed by atoms with Crippen molar-refractivity contribution in [2.75, 3.05) is 0 Å². The van der Waals surface area contributed by atoms with Crippen molar-refractivity contribution in [2.24, 2.45) is 14.1 Å². The molecule has 2 aromatic rings. The highest BCUT2D eigenvalue weighted by atomic mass is 16.2. The van der Waals surface area contributed by atoms with Crippen LogP contribution in [0, 0.1) is 13.8 Å². The topological polar surface area (TPSA) is 61.1 Å². The number of nitrogens with zero attached hydrogens (tertiary/aromatic N) is 2. The molecule has 0 atom stereocenters. The summed E-state index contributed by atoms with van der Waals surface area (Å²) in [4.78, 5) is 35.9. The molecule has 0 radical (unpaired) electrons. The largest absolute Gasteiger partial charge is 0.330 e. The summed E-state index contributed by atoms with van der Waals surface area (Å²) >= 11 is 0. The van der Waals surface area contributed by atoms with E-state index in [9.17, 15) is 14.4 Å². The normalized spacial score (nSPS) is 11.1. The van der Waals surface area contributed by atoms with Crippen molar-refractivity contribution in [1.29, 1.82) is 0 Å². The van der Waals surface area contributed by atoms with Crippen LogP contribution in [-0.2, 0) is 14.1 Å². The lowest BCUT2D eigenvalue weighted by Gasteiger charge is -2.04. The quantitative estimate of drug-likeness (QED) is 0.639. The molecule has 5 heteroatoms. The van der Waals surface area contributed by atoms with Crippen LogP contribution < -0.4 is 11.2 Å². The zero-order valence-corrected chi connectivity index (χ0v) is 13.1. The molecule has 0 saturated heterocycles. The molecule has 0 amide bonds. The summed E-state index contributed by atoms with van der Waals surface area (Å²) < 4.78 is 2.32. The van der Waals surface area contributed by atoms with Crippen molar-refractivity contribution in [2.45, 2.75) is 13.8 Å². The minimum absolute atomic E-state index is 0.169. The molecule has 0 bridgehead atoms.